The van der Waals surface area contributed by atoms with Gasteiger partial charge in [0.05, 0.1) is 45.5 Å². The van der Waals surface area contributed by atoms with E-state index in [0.29, 0.717) is 11.3 Å². The van der Waals surface area contributed by atoms with Crippen molar-refractivity contribution in [3.8, 4) is 12.1 Å². The molecule has 0 radical (unpaired) electrons. The molecule has 0 aliphatic rings. The van der Waals surface area contributed by atoms with E-state index in [1.165, 1.54) is 22.2 Å². The van der Waals surface area contributed by atoms with Crippen molar-refractivity contribution in [2.45, 2.75) is 0 Å². The van der Waals surface area contributed by atoms with Crippen LogP contribution in [0.25, 0.3) is 66.3 Å². The van der Waals surface area contributed by atoms with E-state index in [4.69, 9.17) is 0 Å². The maximum Gasteiger partial charge on any atom is 0.0992 e. The van der Waals surface area contributed by atoms with Gasteiger partial charge < -0.3 is 9.13 Å². The third-order valence-electron chi connectivity index (χ3n) is 7.49. The second kappa shape index (κ2) is 9.48. The number of para-hydroxylation sites is 3. The summed E-state index contributed by atoms with van der Waals surface area (Å²) < 4.78 is 4.18. The van der Waals surface area contributed by atoms with Crippen LogP contribution in [0.3, 0.4) is 0 Å². The Morgan fingerprint density at radius 1 is 0.600 bits per heavy atom. The molecule has 7 aromatic rings. The van der Waals surface area contributed by atoms with Gasteiger partial charge in [-0.3, -0.25) is 0 Å². The van der Waals surface area contributed by atoms with Gasteiger partial charge in [0.1, 0.15) is 0 Å². The molecule has 0 aliphatic carbocycles. The standard InChI is InChI=1S/C36H22N4/c37-21-19-27(40-33-15-7-3-11-29(33)30-12-4-8-16-34(30)40)23-25(24-38)20-22-39-32-14-6-5-13-31(32)36-28-10-2-1-9-26(28)17-18-35(36)39/h1-20,22-23H/b22-20+,25-23+,27-19-. The molecule has 0 fully saturated rings. The van der Waals surface area contributed by atoms with E-state index in [9.17, 15) is 10.5 Å². The highest BCUT2D eigenvalue weighted by atomic mass is 15.0. The molecule has 0 amide bonds. The summed E-state index contributed by atoms with van der Waals surface area (Å²) in [6.07, 6.45) is 7.04. The second-order valence-electron chi connectivity index (χ2n) is 9.66. The largest absolute Gasteiger partial charge is 0.316 e. The molecule has 186 valence electrons. The smallest absolute Gasteiger partial charge is 0.0992 e. The molecule has 0 saturated heterocycles. The number of nitriles is 2. The first-order chi connectivity index (χ1) is 19.8. The molecule has 5 aromatic carbocycles. The minimum atomic E-state index is 0.440. The molecule has 2 aromatic heterocycles. The Morgan fingerprint density at radius 2 is 1.20 bits per heavy atom. The molecule has 40 heavy (non-hydrogen) atoms. The molecule has 0 atom stereocenters. The van der Waals surface area contributed by atoms with E-state index in [1.807, 2.05) is 59.3 Å². The van der Waals surface area contributed by atoms with Gasteiger partial charge in [0.25, 0.3) is 0 Å². The predicted octanol–water partition coefficient (Wildman–Crippen LogP) is 9.04. The van der Waals surface area contributed by atoms with Crippen molar-refractivity contribution in [2.75, 3.05) is 0 Å². The molecule has 0 unspecified atom stereocenters. The average Bonchev–Trinajstić information content (AvgIpc) is 3.52. The van der Waals surface area contributed by atoms with Gasteiger partial charge in [0.2, 0.25) is 0 Å². The van der Waals surface area contributed by atoms with Crippen LogP contribution in [0.15, 0.2) is 133 Å². The lowest BCUT2D eigenvalue weighted by Gasteiger charge is -2.08. The van der Waals surface area contributed by atoms with E-state index in [2.05, 4.69) is 83.4 Å². The predicted molar refractivity (Wildman–Crippen MR) is 165 cm³/mol. The third kappa shape index (κ3) is 3.60. The summed E-state index contributed by atoms with van der Waals surface area (Å²) in [6.45, 7) is 0. The van der Waals surface area contributed by atoms with E-state index >= 15 is 0 Å². The molecule has 2 heterocycles. The number of benzene rings is 5. The fourth-order valence-electron chi connectivity index (χ4n) is 5.80. The highest BCUT2D eigenvalue weighted by molar-refractivity contribution is 6.21. The number of rotatable bonds is 4. The molecular weight excluding hydrogens is 488 g/mol. The molecular formula is C36H22N4. The first-order valence-corrected chi connectivity index (χ1v) is 13.1. The number of aromatic nitrogens is 2. The number of allylic oxidation sites excluding steroid dienone is 5. The summed E-state index contributed by atoms with van der Waals surface area (Å²) in [5.41, 5.74) is 5.18. The molecule has 0 bridgehead atoms. The maximum absolute atomic E-state index is 10.2. The Kier molecular flexibility index (Phi) is 5.52. The molecule has 0 spiro atoms. The van der Waals surface area contributed by atoms with Crippen LogP contribution in [0.4, 0.5) is 0 Å². The zero-order valence-electron chi connectivity index (χ0n) is 21.5. The van der Waals surface area contributed by atoms with Crippen molar-refractivity contribution < 1.29 is 0 Å². The number of hydrogen-bond acceptors (Lipinski definition) is 2. The fourth-order valence-corrected chi connectivity index (χ4v) is 5.80. The van der Waals surface area contributed by atoms with Crippen molar-refractivity contribution in [2.24, 2.45) is 0 Å². The quantitative estimate of drug-likeness (QED) is 0.175. The minimum Gasteiger partial charge on any atom is -0.316 e. The first kappa shape index (κ1) is 23.3. The molecule has 0 N–H and O–H groups in total. The van der Waals surface area contributed by atoms with Gasteiger partial charge in [-0.05, 0) is 47.2 Å². The van der Waals surface area contributed by atoms with Crippen LogP contribution in [0.2, 0.25) is 0 Å². The van der Waals surface area contributed by atoms with Gasteiger partial charge in [-0.2, -0.15) is 10.5 Å². The Labute approximate surface area is 230 Å². The van der Waals surface area contributed by atoms with E-state index in [-0.39, 0.29) is 0 Å². The lowest BCUT2D eigenvalue weighted by Crippen LogP contribution is -1.95. The summed E-state index contributed by atoms with van der Waals surface area (Å²) in [5, 5.41) is 26.8. The number of fused-ring (bicyclic) bond motifs is 8. The summed E-state index contributed by atoms with van der Waals surface area (Å²) in [5.74, 6) is 0. The topological polar surface area (TPSA) is 57.4 Å². The average molecular weight is 511 g/mol. The van der Waals surface area contributed by atoms with Crippen molar-refractivity contribution >= 4 is 66.3 Å². The Hall–Kier alpha value is -5.84. The fraction of sp³-hybridized carbons (Fsp3) is 0. The van der Waals surface area contributed by atoms with Gasteiger partial charge in [-0.1, -0.05) is 84.9 Å². The van der Waals surface area contributed by atoms with E-state index < -0.39 is 0 Å². The van der Waals surface area contributed by atoms with Gasteiger partial charge in [-0.25, -0.2) is 0 Å². The molecule has 7 rings (SSSR count). The van der Waals surface area contributed by atoms with Crippen molar-refractivity contribution in [3.63, 3.8) is 0 Å². The van der Waals surface area contributed by atoms with E-state index in [0.717, 1.165) is 38.2 Å². The van der Waals surface area contributed by atoms with Crippen molar-refractivity contribution in [3.05, 3.63) is 133 Å². The summed E-state index contributed by atoms with van der Waals surface area (Å²) in [7, 11) is 0. The first-order valence-electron chi connectivity index (χ1n) is 13.1. The van der Waals surface area contributed by atoms with Crippen LogP contribution in [0.1, 0.15) is 0 Å². The summed E-state index contributed by atoms with van der Waals surface area (Å²) >= 11 is 0. The number of hydrogen-bond donors (Lipinski definition) is 0. The number of nitrogens with zero attached hydrogens (tertiary/aromatic N) is 4. The van der Waals surface area contributed by atoms with Crippen LogP contribution in [-0.4, -0.2) is 9.13 Å². The molecule has 4 heteroatoms. The van der Waals surface area contributed by atoms with Gasteiger partial charge in [-0.15, -0.1) is 0 Å². The monoisotopic (exact) mass is 510 g/mol. The van der Waals surface area contributed by atoms with Crippen LogP contribution in [0, 0.1) is 22.7 Å². The van der Waals surface area contributed by atoms with Crippen LogP contribution < -0.4 is 0 Å². The third-order valence-corrected chi connectivity index (χ3v) is 7.49. The normalized spacial score (nSPS) is 12.7. The van der Waals surface area contributed by atoms with Gasteiger partial charge >= 0.3 is 0 Å². The van der Waals surface area contributed by atoms with Crippen molar-refractivity contribution in [1.29, 1.82) is 10.5 Å². The highest BCUT2D eigenvalue weighted by Gasteiger charge is 2.14. The van der Waals surface area contributed by atoms with Crippen molar-refractivity contribution in [1.82, 2.24) is 9.13 Å². The van der Waals surface area contributed by atoms with Crippen LogP contribution in [0.5, 0.6) is 0 Å². The zero-order valence-corrected chi connectivity index (χ0v) is 21.5. The van der Waals surface area contributed by atoms with E-state index in [1.54, 1.807) is 6.08 Å². The minimum absolute atomic E-state index is 0.440. The molecule has 0 saturated carbocycles. The Balaban J connectivity index is 1.41. The van der Waals surface area contributed by atoms with Crippen LogP contribution in [-0.2, 0) is 0 Å². The SMILES string of the molecule is N#C/C=C(/C=C(C#N)\C=C\n1c2ccccc2c2c3ccccc3ccc21)n1c2ccccc2c2ccccc21. The zero-order chi connectivity index (χ0) is 27.1. The van der Waals surface area contributed by atoms with Crippen LogP contribution >= 0.6 is 0 Å². The van der Waals surface area contributed by atoms with Gasteiger partial charge in [0, 0.05) is 33.8 Å². The Morgan fingerprint density at radius 3 is 1.88 bits per heavy atom. The maximum atomic E-state index is 10.2. The summed E-state index contributed by atoms with van der Waals surface area (Å²) in [4.78, 5) is 0. The Bertz CT molecular complexity index is 2240. The summed E-state index contributed by atoms with van der Waals surface area (Å²) in [6, 6.07) is 41.8. The highest BCUT2D eigenvalue weighted by Crippen LogP contribution is 2.35. The molecule has 4 nitrogen and oxygen atoms in total. The lowest BCUT2D eigenvalue weighted by atomic mass is 10.0. The second-order valence-corrected chi connectivity index (χ2v) is 9.66. The molecule has 0 aliphatic heterocycles. The van der Waals surface area contributed by atoms with Gasteiger partial charge in [0.15, 0.2) is 0 Å². The lowest BCUT2D eigenvalue weighted by molar-refractivity contribution is 1.23.